The molecule has 1 N–H and O–H groups in total. The molecule has 2 heterocycles. The highest BCUT2D eigenvalue weighted by Gasteiger charge is 2.44. The molecule has 0 amide bonds. The lowest BCUT2D eigenvalue weighted by molar-refractivity contribution is 0.243. The maximum absolute atomic E-state index is 3.52. The summed E-state index contributed by atoms with van der Waals surface area (Å²) in [5.74, 6) is 0. The van der Waals surface area contributed by atoms with E-state index < -0.39 is 0 Å². The molecule has 0 saturated carbocycles. The lowest BCUT2D eigenvalue weighted by Gasteiger charge is -2.49. The number of anilines is 1. The summed E-state index contributed by atoms with van der Waals surface area (Å²) in [6.07, 6.45) is 1.34. The van der Waals surface area contributed by atoms with Crippen molar-refractivity contribution in [1.82, 2.24) is 5.32 Å². The van der Waals surface area contributed by atoms with E-state index in [9.17, 15) is 0 Å². The zero-order chi connectivity index (χ0) is 10.3. The molecular formula is C12H15BrN2. The van der Waals surface area contributed by atoms with Gasteiger partial charge in [0.25, 0.3) is 0 Å². The minimum absolute atomic E-state index is 0.586. The Morgan fingerprint density at radius 3 is 2.87 bits per heavy atom. The fraction of sp³-hybridized carbons (Fsp3) is 0.500. The van der Waals surface area contributed by atoms with E-state index in [1.54, 1.807) is 0 Å². The van der Waals surface area contributed by atoms with Gasteiger partial charge in [0, 0.05) is 35.2 Å². The van der Waals surface area contributed by atoms with Crippen LogP contribution in [0.3, 0.4) is 0 Å². The zero-order valence-corrected chi connectivity index (χ0v) is 10.3. The van der Waals surface area contributed by atoms with Gasteiger partial charge in [-0.3, -0.25) is 0 Å². The standard InChI is InChI=1S/C12H15BrN2/c13-10-2-1-3-11(6-10)15-8-12(9-15)4-5-14-7-12/h1-3,6,14H,4-5,7-9H2. The van der Waals surface area contributed by atoms with E-state index in [1.165, 1.54) is 42.8 Å². The number of nitrogens with one attached hydrogen (secondary N) is 1. The number of hydrogen-bond acceptors (Lipinski definition) is 2. The quantitative estimate of drug-likeness (QED) is 0.839. The smallest absolute Gasteiger partial charge is 0.0377 e. The van der Waals surface area contributed by atoms with Gasteiger partial charge in [0.1, 0.15) is 0 Å². The highest BCUT2D eigenvalue weighted by molar-refractivity contribution is 9.10. The van der Waals surface area contributed by atoms with Crippen molar-refractivity contribution in [2.45, 2.75) is 6.42 Å². The summed E-state index contributed by atoms with van der Waals surface area (Å²) in [6.45, 7) is 4.84. The minimum Gasteiger partial charge on any atom is -0.370 e. The van der Waals surface area contributed by atoms with E-state index in [2.05, 4.69) is 50.4 Å². The van der Waals surface area contributed by atoms with Crippen molar-refractivity contribution in [3.05, 3.63) is 28.7 Å². The molecule has 2 nitrogen and oxygen atoms in total. The number of benzene rings is 1. The molecule has 2 aliphatic rings. The van der Waals surface area contributed by atoms with Crippen molar-refractivity contribution in [2.24, 2.45) is 5.41 Å². The highest BCUT2D eigenvalue weighted by Crippen LogP contribution is 2.39. The van der Waals surface area contributed by atoms with Crippen LogP contribution in [0.25, 0.3) is 0 Å². The Kier molecular flexibility index (Phi) is 2.25. The number of rotatable bonds is 1. The molecular weight excluding hydrogens is 252 g/mol. The summed E-state index contributed by atoms with van der Waals surface area (Å²) in [5.41, 5.74) is 1.93. The third kappa shape index (κ3) is 1.68. The van der Waals surface area contributed by atoms with Crippen LogP contribution in [0.1, 0.15) is 6.42 Å². The van der Waals surface area contributed by atoms with Gasteiger partial charge in [-0.1, -0.05) is 22.0 Å². The fourth-order valence-corrected chi connectivity index (χ4v) is 3.07. The molecule has 0 atom stereocenters. The second kappa shape index (κ2) is 3.49. The van der Waals surface area contributed by atoms with Crippen LogP contribution in [0.15, 0.2) is 28.7 Å². The summed E-state index contributed by atoms with van der Waals surface area (Å²) in [5, 5.41) is 3.46. The average molecular weight is 267 g/mol. The molecule has 0 aliphatic carbocycles. The maximum Gasteiger partial charge on any atom is 0.0377 e. The van der Waals surface area contributed by atoms with Gasteiger partial charge in [-0.2, -0.15) is 0 Å². The Labute approximate surface area is 98.8 Å². The van der Waals surface area contributed by atoms with Crippen molar-refractivity contribution < 1.29 is 0 Å². The Hall–Kier alpha value is -0.540. The molecule has 2 fully saturated rings. The first-order valence-corrected chi connectivity index (χ1v) is 6.28. The molecule has 3 heteroatoms. The lowest BCUT2D eigenvalue weighted by Crippen LogP contribution is -2.57. The SMILES string of the molecule is Brc1cccc(N2CC3(CCNC3)C2)c1. The van der Waals surface area contributed by atoms with Crippen LogP contribution in [0.5, 0.6) is 0 Å². The average Bonchev–Trinajstić information content (AvgIpc) is 2.64. The summed E-state index contributed by atoms with van der Waals surface area (Å²) in [4.78, 5) is 2.47. The molecule has 0 aromatic heterocycles. The van der Waals surface area contributed by atoms with Crippen LogP contribution in [0.2, 0.25) is 0 Å². The monoisotopic (exact) mass is 266 g/mol. The zero-order valence-electron chi connectivity index (χ0n) is 8.67. The van der Waals surface area contributed by atoms with E-state index in [0.717, 1.165) is 0 Å². The van der Waals surface area contributed by atoms with E-state index in [-0.39, 0.29) is 0 Å². The molecule has 1 aromatic carbocycles. The molecule has 1 spiro atoms. The van der Waals surface area contributed by atoms with Gasteiger partial charge >= 0.3 is 0 Å². The van der Waals surface area contributed by atoms with Crippen LogP contribution in [0, 0.1) is 5.41 Å². The van der Waals surface area contributed by atoms with E-state index in [1.807, 2.05) is 0 Å². The predicted molar refractivity (Wildman–Crippen MR) is 66.3 cm³/mol. The van der Waals surface area contributed by atoms with Crippen molar-refractivity contribution in [2.75, 3.05) is 31.1 Å². The number of halogens is 1. The molecule has 1 aromatic rings. The van der Waals surface area contributed by atoms with Crippen LogP contribution in [0.4, 0.5) is 5.69 Å². The molecule has 80 valence electrons. The van der Waals surface area contributed by atoms with Crippen LogP contribution < -0.4 is 10.2 Å². The topological polar surface area (TPSA) is 15.3 Å². The molecule has 2 saturated heterocycles. The van der Waals surface area contributed by atoms with E-state index >= 15 is 0 Å². The third-order valence-corrected chi connectivity index (χ3v) is 4.05. The van der Waals surface area contributed by atoms with Crippen molar-refractivity contribution >= 4 is 21.6 Å². The van der Waals surface area contributed by atoms with Crippen LogP contribution >= 0.6 is 15.9 Å². The predicted octanol–water partition coefficient (Wildman–Crippen LogP) is 2.25. The molecule has 0 unspecified atom stereocenters. The van der Waals surface area contributed by atoms with Gasteiger partial charge in [-0.25, -0.2) is 0 Å². The van der Waals surface area contributed by atoms with Gasteiger partial charge in [0.05, 0.1) is 0 Å². The molecule has 3 rings (SSSR count). The summed E-state index contributed by atoms with van der Waals surface area (Å²) >= 11 is 3.52. The first-order chi connectivity index (χ1) is 7.27. The molecule has 15 heavy (non-hydrogen) atoms. The Morgan fingerprint density at radius 1 is 1.33 bits per heavy atom. The van der Waals surface area contributed by atoms with Crippen molar-refractivity contribution in [3.63, 3.8) is 0 Å². The first-order valence-electron chi connectivity index (χ1n) is 5.49. The van der Waals surface area contributed by atoms with Gasteiger partial charge < -0.3 is 10.2 Å². The normalized spacial score (nSPS) is 23.1. The van der Waals surface area contributed by atoms with Gasteiger partial charge in [-0.05, 0) is 31.2 Å². The third-order valence-electron chi connectivity index (χ3n) is 3.56. The van der Waals surface area contributed by atoms with Gasteiger partial charge in [0.15, 0.2) is 0 Å². The molecule has 0 bridgehead atoms. The summed E-state index contributed by atoms with van der Waals surface area (Å²) in [6, 6.07) is 8.59. The first kappa shape index (κ1) is 9.67. The summed E-state index contributed by atoms with van der Waals surface area (Å²) < 4.78 is 1.17. The Bertz CT molecular complexity index is 364. The van der Waals surface area contributed by atoms with Gasteiger partial charge in [0.2, 0.25) is 0 Å². The summed E-state index contributed by atoms with van der Waals surface area (Å²) in [7, 11) is 0. The largest absolute Gasteiger partial charge is 0.370 e. The number of hydrogen-bond donors (Lipinski definition) is 1. The van der Waals surface area contributed by atoms with Crippen molar-refractivity contribution in [3.8, 4) is 0 Å². The highest BCUT2D eigenvalue weighted by atomic mass is 79.9. The molecule has 0 radical (unpaired) electrons. The second-order valence-electron chi connectivity index (χ2n) is 4.76. The van der Waals surface area contributed by atoms with Crippen LogP contribution in [-0.4, -0.2) is 26.2 Å². The fourth-order valence-electron chi connectivity index (χ4n) is 2.68. The van der Waals surface area contributed by atoms with Crippen molar-refractivity contribution in [1.29, 1.82) is 0 Å². The Morgan fingerprint density at radius 2 is 2.20 bits per heavy atom. The van der Waals surface area contributed by atoms with E-state index in [0.29, 0.717) is 5.41 Å². The molecule has 2 aliphatic heterocycles. The minimum atomic E-state index is 0.586. The van der Waals surface area contributed by atoms with Gasteiger partial charge in [-0.15, -0.1) is 0 Å². The number of nitrogens with zero attached hydrogens (tertiary/aromatic N) is 1. The maximum atomic E-state index is 3.52. The second-order valence-corrected chi connectivity index (χ2v) is 5.68. The Balaban J connectivity index is 1.72. The lowest BCUT2D eigenvalue weighted by atomic mass is 9.79. The van der Waals surface area contributed by atoms with Crippen LogP contribution in [-0.2, 0) is 0 Å². The van der Waals surface area contributed by atoms with E-state index in [4.69, 9.17) is 0 Å².